The molecule has 0 fully saturated rings. The van der Waals surface area contributed by atoms with Crippen LogP contribution in [0.1, 0.15) is 25.0 Å². The van der Waals surface area contributed by atoms with Crippen LogP contribution < -0.4 is 5.43 Å². The minimum absolute atomic E-state index is 0.0442. The number of nitrogens with zero attached hydrogens (tertiary/aromatic N) is 1. The molecule has 0 saturated heterocycles. The van der Waals surface area contributed by atoms with Crippen LogP contribution in [0, 0.1) is 0 Å². The van der Waals surface area contributed by atoms with Crippen molar-refractivity contribution >= 4 is 53.7 Å². The first-order chi connectivity index (χ1) is 15.4. The second-order valence-corrected chi connectivity index (χ2v) is 10.7. The number of halogens is 2. The normalized spacial score (nSPS) is 14.0. The van der Waals surface area contributed by atoms with E-state index in [1.54, 1.807) is 0 Å². The summed E-state index contributed by atoms with van der Waals surface area (Å²) in [6.07, 6.45) is 0. The number of fused-ring (bicyclic) bond motifs is 5. The minimum atomic E-state index is -0.0847. The Hall–Kier alpha value is -2.69. The second-order valence-electron chi connectivity index (χ2n) is 8.89. The van der Waals surface area contributed by atoms with E-state index in [2.05, 4.69) is 92.7 Å². The average Bonchev–Trinajstić information content (AvgIpc) is 3.02. The van der Waals surface area contributed by atoms with E-state index in [9.17, 15) is 4.79 Å². The van der Waals surface area contributed by atoms with Gasteiger partial charge >= 0.3 is 0 Å². The summed E-state index contributed by atoms with van der Waals surface area (Å²) >= 11 is 7.08. The van der Waals surface area contributed by atoms with E-state index in [0.717, 1.165) is 25.7 Å². The summed E-state index contributed by atoms with van der Waals surface area (Å²) in [5.74, 6) is 0. The van der Waals surface area contributed by atoms with Gasteiger partial charge in [0.05, 0.1) is 11.0 Å². The highest BCUT2D eigenvalue weighted by molar-refractivity contribution is 9.10. The van der Waals surface area contributed by atoms with Gasteiger partial charge in [0.25, 0.3) is 0 Å². The van der Waals surface area contributed by atoms with Crippen molar-refractivity contribution in [2.75, 3.05) is 0 Å². The summed E-state index contributed by atoms with van der Waals surface area (Å²) in [5, 5.41) is 1.40. The molecule has 0 atom stereocenters. The third-order valence-corrected chi connectivity index (χ3v) is 7.70. The molecule has 0 amide bonds. The fourth-order valence-electron chi connectivity index (χ4n) is 5.15. The van der Waals surface area contributed by atoms with Gasteiger partial charge in [-0.25, -0.2) is 0 Å². The largest absolute Gasteiger partial charge is 0.309 e. The molecule has 6 rings (SSSR count). The summed E-state index contributed by atoms with van der Waals surface area (Å²) in [4.78, 5) is 13.4. The molecule has 2 nitrogen and oxygen atoms in total. The van der Waals surface area contributed by atoms with Gasteiger partial charge in [-0.15, -0.1) is 0 Å². The molecular formula is C28H19Br2NO. The highest BCUT2D eigenvalue weighted by atomic mass is 79.9. The lowest BCUT2D eigenvalue weighted by Gasteiger charge is -2.23. The molecule has 1 aliphatic rings. The SMILES string of the molecule is CC1(C)c2ccccc2-c2ccc(-n3c4ccc(Br)cc4c(=O)c4cc(Br)ccc43)cc21. The molecule has 5 aromatic rings. The maximum absolute atomic E-state index is 13.4. The first-order valence-electron chi connectivity index (χ1n) is 10.5. The Morgan fingerprint density at radius 1 is 0.688 bits per heavy atom. The summed E-state index contributed by atoms with van der Waals surface area (Å²) in [6, 6.07) is 27.2. The molecule has 0 radical (unpaired) electrons. The zero-order chi connectivity index (χ0) is 22.2. The second kappa shape index (κ2) is 6.90. The number of aromatic nitrogens is 1. The summed E-state index contributed by atoms with van der Waals surface area (Å²) in [6.45, 7) is 4.58. The van der Waals surface area contributed by atoms with Gasteiger partial charge in [-0.1, -0.05) is 76.0 Å². The molecule has 4 aromatic carbocycles. The molecule has 0 bridgehead atoms. The van der Waals surface area contributed by atoms with Crippen LogP contribution >= 0.6 is 31.9 Å². The van der Waals surface area contributed by atoms with Crippen LogP contribution in [0.25, 0.3) is 38.6 Å². The van der Waals surface area contributed by atoms with Crippen molar-refractivity contribution < 1.29 is 0 Å². The maximum atomic E-state index is 13.4. The van der Waals surface area contributed by atoms with Crippen LogP contribution in [-0.2, 0) is 5.41 Å². The third kappa shape index (κ3) is 2.72. The van der Waals surface area contributed by atoms with Gasteiger partial charge in [-0.3, -0.25) is 4.79 Å². The van der Waals surface area contributed by atoms with Gasteiger partial charge in [0.1, 0.15) is 0 Å². The molecule has 0 unspecified atom stereocenters. The molecule has 1 aromatic heterocycles. The molecule has 0 N–H and O–H groups in total. The van der Waals surface area contributed by atoms with Crippen molar-refractivity contribution in [1.82, 2.24) is 4.57 Å². The van der Waals surface area contributed by atoms with E-state index in [-0.39, 0.29) is 10.8 Å². The van der Waals surface area contributed by atoms with E-state index in [1.807, 2.05) is 36.4 Å². The Balaban J connectivity index is 1.73. The number of hydrogen-bond donors (Lipinski definition) is 0. The number of pyridine rings is 1. The van der Waals surface area contributed by atoms with Crippen LogP contribution in [0.3, 0.4) is 0 Å². The van der Waals surface area contributed by atoms with Crippen molar-refractivity contribution in [2.45, 2.75) is 19.3 Å². The summed E-state index contributed by atoms with van der Waals surface area (Å²) in [7, 11) is 0. The lowest BCUT2D eigenvalue weighted by Crippen LogP contribution is -2.16. The highest BCUT2D eigenvalue weighted by Crippen LogP contribution is 2.49. The average molecular weight is 545 g/mol. The first-order valence-corrected chi connectivity index (χ1v) is 12.1. The fourth-order valence-corrected chi connectivity index (χ4v) is 5.88. The predicted molar refractivity (Wildman–Crippen MR) is 140 cm³/mol. The quantitative estimate of drug-likeness (QED) is 0.196. The zero-order valence-electron chi connectivity index (χ0n) is 17.6. The predicted octanol–water partition coefficient (Wildman–Crippen LogP) is 7.98. The van der Waals surface area contributed by atoms with Crippen molar-refractivity contribution in [3.05, 3.63) is 109 Å². The molecule has 1 heterocycles. The Kier molecular flexibility index (Phi) is 4.30. The van der Waals surface area contributed by atoms with Crippen LogP contribution in [-0.4, -0.2) is 4.57 Å². The van der Waals surface area contributed by atoms with Gasteiger partial charge in [0.15, 0.2) is 5.43 Å². The van der Waals surface area contributed by atoms with E-state index in [0.29, 0.717) is 10.8 Å². The molecule has 156 valence electrons. The lowest BCUT2D eigenvalue weighted by molar-refractivity contribution is 0.660. The van der Waals surface area contributed by atoms with Gasteiger partial charge in [0.2, 0.25) is 0 Å². The fraction of sp³-hybridized carbons (Fsp3) is 0.107. The Bertz CT molecular complexity index is 1580. The molecule has 4 heteroatoms. The van der Waals surface area contributed by atoms with Crippen LogP contribution in [0.4, 0.5) is 0 Å². The Labute approximate surface area is 202 Å². The summed E-state index contributed by atoms with van der Waals surface area (Å²) < 4.78 is 4.01. The van der Waals surface area contributed by atoms with Gasteiger partial charge in [-0.05, 0) is 70.8 Å². The monoisotopic (exact) mass is 543 g/mol. The molecule has 0 spiro atoms. The number of hydrogen-bond acceptors (Lipinski definition) is 1. The van der Waals surface area contributed by atoms with Crippen molar-refractivity contribution in [1.29, 1.82) is 0 Å². The molecule has 32 heavy (non-hydrogen) atoms. The Morgan fingerprint density at radius 2 is 1.28 bits per heavy atom. The van der Waals surface area contributed by atoms with E-state index in [4.69, 9.17) is 0 Å². The van der Waals surface area contributed by atoms with Crippen LogP contribution in [0.2, 0.25) is 0 Å². The first kappa shape index (κ1) is 20.0. The topological polar surface area (TPSA) is 22.0 Å². The summed E-state index contributed by atoms with van der Waals surface area (Å²) in [5.41, 5.74) is 8.09. The van der Waals surface area contributed by atoms with Crippen LogP contribution in [0.5, 0.6) is 0 Å². The van der Waals surface area contributed by atoms with Crippen molar-refractivity contribution in [2.24, 2.45) is 0 Å². The van der Waals surface area contributed by atoms with Crippen LogP contribution in [0.15, 0.2) is 92.6 Å². The third-order valence-electron chi connectivity index (χ3n) is 6.71. The zero-order valence-corrected chi connectivity index (χ0v) is 20.8. The van der Waals surface area contributed by atoms with Gasteiger partial charge in [0, 0.05) is 30.8 Å². The van der Waals surface area contributed by atoms with E-state index in [1.165, 1.54) is 22.3 Å². The number of benzene rings is 4. The minimum Gasteiger partial charge on any atom is -0.309 e. The van der Waals surface area contributed by atoms with E-state index < -0.39 is 0 Å². The molecule has 0 aliphatic heterocycles. The smallest absolute Gasteiger partial charge is 0.197 e. The van der Waals surface area contributed by atoms with E-state index >= 15 is 0 Å². The molecule has 0 saturated carbocycles. The molecular weight excluding hydrogens is 526 g/mol. The van der Waals surface area contributed by atoms with Crippen molar-refractivity contribution in [3.63, 3.8) is 0 Å². The highest BCUT2D eigenvalue weighted by Gasteiger charge is 2.35. The van der Waals surface area contributed by atoms with Crippen molar-refractivity contribution in [3.8, 4) is 16.8 Å². The number of rotatable bonds is 1. The Morgan fingerprint density at radius 3 is 1.94 bits per heavy atom. The lowest BCUT2D eigenvalue weighted by atomic mass is 9.82. The van der Waals surface area contributed by atoms with Gasteiger partial charge in [-0.2, -0.15) is 0 Å². The molecule has 1 aliphatic carbocycles. The standard InChI is InChI=1S/C28H19Br2NO/c1-28(2)23-6-4-3-5-19(23)20-10-9-18(15-24(20)28)31-25-11-7-16(29)13-21(25)27(32)22-14-17(30)8-12-26(22)31/h3-15H,1-2H3. The maximum Gasteiger partial charge on any atom is 0.197 e. The van der Waals surface area contributed by atoms with Gasteiger partial charge < -0.3 is 4.57 Å².